The molecule has 4 aromatic rings. The molecule has 0 saturated heterocycles. The van der Waals surface area contributed by atoms with Gasteiger partial charge < -0.3 is 4.55 Å². The van der Waals surface area contributed by atoms with Gasteiger partial charge in [-0.25, -0.2) is 8.42 Å². The Hall–Kier alpha value is -2.82. The molecule has 32 heavy (non-hydrogen) atoms. The van der Waals surface area contributed by atoms with Crippen LogP contribution in [0.1, 0.15) is 6.92 Å². The largest absolute Gasteiger partial charge is 0.726 e. The maximum atomic E-state index is 9.45. The van der Waals surface area contributed by atoms with Gasteiger partial charge in [0.1, 0.15) is 28.5 Å². The standard InChI is InChI=1S/C24H20P.C2H6O4S/c1-5-13-21(14-6-1)25(22-15-7-2-8-16-22,23-17-9-3-10-18-23)24-19-11-4-12-20-24;1-2-6-7(3,4)5/h1-20H;2H2,1H3,(H,3,4,5)/q+1;/p-1. The fraction of sp³-hybridized carbons (Fsp3) is 0.0769. The van der Waals surface area contributed by atoms with Crippen LogP contribution < -0.4 is 21.2 Å². The number of benzene rings is 4. The molecule has 0 heterocycles. The zero-order valence-corrected chi connectivity index (χ0v) is 19.5. The molecule has 4 nitrogen and oxygen atoms in total. The van der Waals surface area contributed by atoms with Crippen molar-refractivity contribution in [3.63, 3.8) is 0 Å². The van der Waals surface area contributed by atoms with Crippen LogP contribution in [0.4, 0.5) is 0 Å². The Kier molecular flexibility index (Phi) is 8.32. The molecule has 0 N–H and O–H groups in total. The van der Waals surface area contributed by atoms with Gasteiger partial charge in [-0.3, -0.25) is 4.18 Å². The van der Waals surface area contributed by atoms with Crippen LogP contribution in [0.3, 0.4) is 0 Å². The van der Waals surface area contributed by atoms with Crippen LogP contribution >= 0.6 is 7.26 Å². The van der Waals surface area contributed by atoms with Crippen molar-refractivity contribution in [2.45, 2.75) is 6.92 Å². The van der Waals surface area contributed by atoms with Crippen molar-refractivity contribution in [2.75, 3.05) is 6.61 Å². The molecule has 0 spiro atoms. The Balaban J connectivity index is 0.000000360. The predicted molar refractivity (Wildman–Crippen MR) is 133 cm³/mol. The molecular weight excluding hydrogens is 439 g/mol. The Morgan fingerprint density at radius 1 is 0.594 bits per heavy atom. The van der Waals surface area contributed by atoms with Crippen molar-refractivity contribution in [3.8, 4) is 0 Å². The summed E-state index contributed by atoms with van der Waals surface area (Å²) in [6.07, 6.45) is 0. The first-order chi connectivity index (χ1) is 15.5. The lowest BCUT2D eigenvalue weighted by molar-refractivity contribution is 0.275. The third-order valence-corrected chi connectivity index (χ3v) is 9.65. The Morgan fingerprint density at radius 3 is 1.00 bits per heavy atom. The minimum Gasteiger partial charge on any atom is -0.726 e. The highest BCUT2D eigenvalue weighted by atomic mass is 32.3. The van der Waals surface area contributed by atoms with E-state index in [1.165, 1.54) is 28.1 Å². The van der Waals surface area contributed by atoms with E-state index < -0.39 is 17.7 Å². The molecule has 4 rings (SSSR count). The van der Waals surface area contributed by atoms with Gasteiger partial charge in [-0.1, -0.05) is 72.8 Å². The Labute approximate surface area is 190 Å². The Morgan fingerprint density at radius 2 is 0.844 bits per heavy atom. The number of rotatable bonds is 6. The summed E-state index contributed by atoms with van der Waals surface area (Å²) >= 11 is 0. The first-order valence-corrected chi connectivity index (χ1v) is 13.3. The van der Waals surface area contributed by atoms with Crippen LogP contribution in [-0.2, 0) is 14.6 Å². The SMILES string of the molecule is CCOS(=O)(=O)[O-].c1ccc([P+](c2ccccc2)(c2ccccc2)c2ccccc2)cc1. The van der Waals surface area contributed by atoms with Gasteiger partial charge in [-0.05, 0) is 55.5 Å². The van der Waals surface area contributed by atoms with Crippen LogP contribution in [0, 0.1) is 0 Å². The van der Waals surface area contributed by atoms with E-state index in [0.717, 1.165) is 0 Å². The van der Waals surface area contributed by atoms with Crippen molar-refractivity contribution < 1.29 is 17.2 Å². The molecule has 0 radical (unpaired) electrons. The van der Waals surface area contributed by atoms with Crippen molar-refractivity contribution in [3.05, 3.63) is 121 Å². The third-order valence-electron chi connectivity index (χ3n) is 4.84. The predicted octanol–water partition coefficient (Wildman–Crippen LogP) is 3.79. The van der Waals surface area contributed by atoms with Crippen LogP contribution in [0.15, 0.2) is 121 Å². The molecule has 0 fully saturated rings. The molecular formula is C26H25O4PS. The lowest BCUT2D eigenvalue weighted by Crippen LogP contribution is -2.38. The quantitative estimate of drug-likeness (QED) is 0.247. The van der Waals surface area contributed by atoms with E-state index in [2.05, 4.69) is 126 Å². The normalized spacial score (nSPS) is 11.3. The third kappa shape index (κ3) is 5.70. The van der Waals surface area contributed by atoms with E-state index >= 15 is 0 Å². The minimum atomic E-state index is -4.42. The fourth-order valence-corrected chi connectivity index (χ4v) is 8.20. The highest BCUT2D eigenvalue weighted by Gasteiger charge is 2.47. The van der Waals surface area contributed by atoms with E-state index in [1.807, 2.05) is 0 Å². The molecule has 6 heteroatoms. The summed E-state index contributed by atoms with van der Waals surface area (Å²) in [5, 5.41) is 5.55. The summed E-state index contributed by atoms with van der Waals surface area (Å²) in [7, 11) is -6.33. The van der Waals surface area contributed by atoms with Gasteiger partial charge in [0, 0.05) is 0 Å². The molecule has 0 aliphatic heterocycles. The van der Waals surface area contributed by atoms with Gasteiger partial charge in [0.15, 0.2) is 0 Å². The topological polar surface area (TPSA) is 66.4 Å². The van der Waals surface area contributed by atoms with Gasteiger partial charge in [-0.15, -0.1) is 0 Å². The maximum absolute atomic E-state index is 9.45. The fourth-order valence-electron chi connectivity index (χ4n) is 3.65. The van der Waals surface area contributed by atoms with Gasteiger partial charge >= 0.3 is 0 Å². The van der Waals surface area contributed by atoms with Gasteiger partial charge in [-0.2, -0.15) is 0 Å². The molecule has 0 bridgehead atoms. The second-order valence-electron chi connectivity index (χ2n) is 6.83. The lowest BCUT2D eigenvalue weighted by atomic mass is 10.3. The van der Waals surface area contributed by atoms with Crippen LogP contribution in [-0.4, -0.2) is 19.6 Å². The molecule has 0 saturated carbocycles. The summed E-state index contributed by atoms with van der Waals surface area (Å²) in [6, 6.07) is 43.8. The molecule has 0 amide bonds. The van der Waals surface area contributed by atoms with Crippen molar-refractivity contribution in [2.24, 2.45) is 0 Å². The second-order valence-corrected chi connectivity index (χ2v) is 11.3. The van der Waals surface area contributed by atoms with E-state index in [1.54, 1.807) is 0 Å². The van der Waals surface area contributed by atoms with E-state index in [4.69, 9.17) is 0 Å². The summed E-state index contributed by atoms with van der Waals surface area (Å²) in [5.41, 5.74) is 0. The first kappa shape index (κ1) is 23.8. The average molecular weight is 465 g/mol. The zero-order valence-electron chi connectivity index (χ0n) is 17.7. The second kappa shape index (κ2) is 11.2. The van der Waals surface area contributed by atoms with Crippen LogP contribution in [0.2, 0.25) is 0 Å². The number of hydrogen-bond donors (Lipinski definition) is 0. The van der Waals surface area contributed by atoms with Crippen molar-refractivity contribution in [1.29, 1.82) is 0 Å². The average Bonchev–Trinajstić information content (AvgIpc) is 2.82. The van der Waals surface area contributed by atoms with Crippen LogP contribution in [0.5, 0.6) is 0 Å². The lowest BCUT2D eigenvalue weighted by Gasteiger charge is -2.27. The molecule has 0 atom stereocenters. The molecule has 4 aromatic carbocycles. The minimum absolute atomic E-state index is 0.0914. The van der Waals surface area contributed by atoms with Gasteiger partial charge in [0.2, 0.25) is 10.4 Å². The summed E-state index contributed by atoms with van der Waals surface area (Å²) in [4.78, 5) is 0. The smallest absolute Gasteiger partial charge is 0.217 e. The maximum Gasteiger partial charge on any atom is 0.217 e. The highest BCUT2D eigenvalue weighted by molar-refractivity contribution is 8.01. The molecule has 0 unspecified atom stereocenters. The summed E-state index contributed by atoms with van der Waals surface area (Å²) < 4.78 is 32.0. The zero-order chi connectivity index (χ0) is 22.9. The van der Waals surface area contributed by atoms with Crippen molar-refractivity contribution in [1.82, 2.24) is 0 Å². The molecule has 164 valence electrons. The Bertz CT molecular complexity index is 1020. The summed E-state index contributed by atoms with van der Waals surface area (Å²) in [5.74, 6) is 0. The summed E-state index contributed by atoms with van der Waals surface area (Å²) in [6.45, 7) is 1.33. The van der Waals surface area contributed by atoms with Gasteiger partial charge in [0.05, 0.1) is 6.61 Å². The number of hydrogen-bond acceptors (Lipinski definition) is 4. The first-order valence-electron chi connectivity index (χ1n) is 10.2. The molecule has 0 aliphatic rings. The van der Waals surface area contributed by atoms with Crippen molar-refractivity contribution >= 4 is 38.9 Å². The van der Waals surface area contributed by atoms with Gasteiger partial charge in [0.25, 0.3) is 0 Å². The monoisotopic (exact) mass is 464 g/mol. The highest BCUT2D eigenvalue weighted by Crippen LogP contribution is 2.53. The van der Waals surface area contributed by atoms with Crippen LogP contribution in [0.25, 0.3) is 0 Å². The van der Waals surface area contributed by atoms with E-state index in [-0.39, 0.29) is 6.61 Å². The molecule has 0 aromatic heterocycles. The molecule has 0 aliphatic carbocycles. The van der Waals surface area contributed by atoms with E-state index in [9.17, 15) is 13.0 Å². The van der Waals surface area contributed by atoms with E-state index in [0.29, 0.717) is 0 Å².